The van der Waals surface area contributed by atoms with Gasteiger partial charge in [-0.1, -0.05) is 55.4 Å². The molecule has 0 bridgehead atoms. The number of nitrogens with one attached hydrogen (secondary N) is 4. The van der Waals surface area contributed by atoms with Gasteiger partial charge in [-0.25, -0.2) is 0 Å². The Morgan fingerprint density at radius 1 is 0.705 bits per heavy atom. The fourth-order valence-corrected chi connectivity index (χ4v) is 4.01. The predicted molar refractivity (Wildman–Crippen MR) is 166 cm³/mol. The van der Waals surface area contributed by atoms with Crippen LogP contribution in [0, 0.1) is 23.7 Å². The second-order valence-electron chi connectivity index (χ2n) is 12.2. The molecule has 0 aliphatic rings. The minimum Gasteiger partial charge on any atom is -0.459 e. The second-order valence-corrected chi connectivity index (χ2v) is 12.2. The fraction of sp³-hybridized carbons (Fsp3) is 0.594. The van der Waals surface area contributed by atoms with Crippen LogP contribution in [0.5, 0.6) is 0 Å². The monoisotopic (exact) mass is 618 g/mol. The van der Waals surface area contributed by atoms with Gasteiger partial charge in [0.15, 0.2) is 11.5 Å². The highest BCUT2D eigenvalue weighted by atomic mass is 16.3. The molecule has 2 aromatic rings. The van der Waals surface area contributed by atoms with Crippen molar-refractivity contribution in [1.29, 1.82) is 0 Å². The van der Waals surface area contributed by atoms with Gasteiger partial charge in [0.05, 0.1) is 31.2 Å². The van der Waals surface area contributed by atoms with E-state index in [1.54, 1.807) is 18.2 Å². The first-order valence-corrected chi connectivity index (χ1v) is 15.1. The lowest BCUT2D eigenvalue weighted by Gasteiger charge is -2.25. The van der Waals surface area contributed by atoms with Gasteiger partial charge in [0.25, 0.3) is 11.8 Å². The maximum Gasteiger partial charge on any atom is 0.287 e. The Hall–Kier alpha value is -3.93. The molecule has 0 radical (unpaired) electrons. The van der Waals surface area contributed by atoms with Gasteiger partial charge in [0.1, 0.15) is 18.4 Å². The third kappa shape index (κ3) is 13.6. The van der Waals surface area contributed by atoms with E-state index in [0.717, 1.165) is 0 Å². The summed E-state index contributed by atoms with van der Waals surface area (Å²) in [4.78, 5) is 59.8. The molecule has 12 heteroatoms. The Bertz CT molecular complexity index is 1140. The summed E-state index contributed by atoms with van der Waals surface area (Å²) in [6.45, 7) is 15.3. The molecule has 0 aromatic carbocycles. The average molecular weight is 619 g/mol. The Balaban J connectivity index is 0.000000440. The fourth-order valence-electron chi connectivity index (χ4n) is 4.01. The van der Waals surface area contributed by atoms with E-state index in [2.05, 4.69) is 21.3 Å². The van der Waals surface area contributed by atoms with Crippen LogP contribution >= 0.6 is 0 Å². The first-order chi connectivity index (χ1) is 20.7. The van der Waals surface area contributed by atoms with Crippen molar-refractivity contribution < 1.29 is 37.9 Å². The van der Waals surface area contributed by atoms with Gasteiger partial charge in [0, 0.05) is 0 Å². The first kappa shape index (κ1) is 38.1. The number of carbonyl (C=O) groups is 5. The summed E-state index contributed by atoms with van der Waals surface area (Å²) in [5.74, 6) is -0.659. The maximum atomic E-state index is 12.4. The van der Waals surface area contributed by atoms with Crippen molar-refractivity contribution in [3.63, 3.8) is 0 Å². The molecule has 0 unspecified atom stereocenters. The van der Waals surface area contributed by atoms with Crippen LogP contribution in [-0.4, -0.2) is 65.8 Å². The van der Waals surface area contributed by atoms with E-state index >= 15 is 0 Å². The van der Waals surface area contributed by atoms with E-state index in [1.807, 2.05) is 55.4 Å². The lowest BCUT2D eigenvalue weighted by Crippen LogP contribution is -2.52. The molecule has 0 fully saturated rings. The van der Waals surface area contributed by atoms with E-state index in [1.165, 1.54) is 18.6 Å². The summed E-state index contributed by atoms with van der Waals surface area (Å²) >= 11 is 0. The molecule has 246 valence electrons. The van der Waals surface area contributed by atoms with Crippen molar-refractivity contribution in [2.24, 2.45) is 23.7 Å². The van der Waals surface area contributed by atoms with E-state index in [-0.39, 0.29) is 59.7 Å². The van der Waals surface area contributed by atoms with Crippen molar-refractivity contribution in [1.82, 2.24) is 21.3 Å². The van der Waals surface area contributed by atoms with Gasteiger partial charge in [-0.2, -0.15) is 0 Å². The van der Waals surface area contributed by atoms with Gasteiger partial charge in [-0.15, -0.1) is 0 Å². The zero-order chi connectivity index (χ0) is 33.4. The number of aliphatic hydroxyl groups is 1. The zero-order valence-corrected chi connectivity index (χ0v) is 27.1. The lowest BCUT2D eigenvalue weighted by molar-refractivity contribution is -0.126. The molecule has 44 heavy (non-hydrogen) atoms. The molecule has 2 rings (SSSR count). The third-order valence-electron chi connectivity index (χ3n) is 6.65. The summed E-state index contributed by atoms with van der Waals surface area (Å²) in [5.41, 5.74) is 0. The van der Waals surface area contributed by atoms with Crippen LogP contribution in [0.3, 0.4) is 0 Å². The Morgan fingerprint density at radius 2 is 1.14 bits per heavy atom. The van der Waals surface area contributed by atoms with Crippen LogP contribution in [0.2, 0.25) is 0 Å². The molecule has 0 aliphatic heterocycles. The van der Waals surface area contributed by atoms with Crippen LogP contribution < -0.4 is 21.3 Å². The van der Waals surface area contributed by atoms with Crippen molar-refractivity contribution in [3.8, 4) is 0 Å². The minimum absolute atomic E-state index is 0.0121. The maximum absolute atomic E-state index is 12.4. The highest BCUT2D eigenvalue weighted by Crippen LogP contribution is 2.10. The number of amides is 4. The third-order valence-corrected chi connectivity index (χ3v) is 6.65. The molecular formula is C32H50N4O8. The molecule has 2 aromatic heterocycles. The van der Waals surface area contributed by atoms with Crippen LogP contribution in [0.4, 0.5) is 0 Å². The van der Waals surface area contributed by atoms with E-state index in [0.29, 0.717) is 19.1 Å². The summed E-state index contributed by atoms with van der Waals surface area (Å²) in [6.07, 6.45) is 4.50. The first-order valence-electron chi connectivity index (χ1n) is 15.1. The van der Waals surface area contributed by atoms with Gasteiger partial charge in [-0.3, -0.25) is 19.2 Å². The number of carbonyl (C=O) groups excluding carboxylic acids is 5. The SMILES string of the molecule is CC(C)C[C@H](NC(=O)c1ccco1)C(=O)N[C@H](C=O)C(C)C.CC(C)C[C@H](NC(=O)c1ccco1)C(=O)N[C@H](CO)C(C)C. The van der Waals surface area contributed by atoms with Gasteiger partial charge >= 0.3 is 0 Å². The van der Waals surface area contributed by atoms with Crippen molar-refractivity contribution in [2.75, 3.05) is 6.61 Å². The van der Waals surface area contributed by atoms with Gasteiger partial charge < -0.3 is 40.0 Å². The number of furan rings is 2. The molecule has 0 spiro atoms. The standard InChI is InChI=1S/C16H26N2O4.C16H24N2O4/c2*1-10(2)8-12(15(20)18-13(9-19)11(3)4)17-16(21)14-6-5-7-22-14/h5-7,10-13,19H,8-9H2,1-4H3,(H,17,21)(H,18,20);5-7,9-13H,8H2,1-4H3,(H,17,21)(H,18,20)/t2*12-,13+/m00/s1. The zero-order valence-electron chi connectivity index (χ0n) is 27.1. The van der Waals surface area contributed by atoms with Crippen molar-refractivity contribution in [3.05, 3.63) is 48.3 Å². The van der Waals surface area contributed by atoms with E-state index in [4.69, 9.17) is 8.83 Å². The van der Waals surface area contributed by atoms with Crippen LogP contribution in [0.25, 0.3) is 0 Å². The van der Waals surface area contributed by atoms with Crippen LogP contribution in [0.15, 0.2) is 45.6 Å². The molecule has 2 heterocycles. The number of aldehydes is 1. The van der Waals surface area contributed by atoms with Crippen molar-refractivity contribution in [2.45, 2.75) is 92.4 Å². The van der Waals surface area contributed by atoms with Crippen LogP contribution in [-0.2, 0) is 14.4 Å². The van der Waals surface area contributed by atoms with Gasteiger partial charge in [0.2, 0.25) is 11.8 Å². The Kier molecular flexibility index (Phi) is 16.8. The summed E-state index contributed by atoms with van der Waals surface area (Å²) in [6, 6.07) is 4.03. The molecule has 0 saturated heterocycles. The number of hydrogen-bond donors (Lipinski definition) is 5. The molecule has 0 saturated carbocycles. The van der Waals surface area contributed by atoms with Crippen LogP contribution in [0.1, 0.15) is 89.3 Å². The van der Waals surface area contributed by atoms with Crippen molar-refractivity contribution >= 4 is 29.9 Å². The van der Waals surface area contributed by atoms with Gasteiger partial charge in [-0.05, 0) is 60.8 Å². The largest absolute Gasteiger partial charge is 0.459 e. The highest BCUT2D eigenvalue weighted by molar-refractivity contribution is 5.96. The topological polar surface area (TPSA) is 180 Å². The van der Waals surface area contributed by atoms with E-state index in [9.17, 15) is 29.1 Å². The molecule has 0 aliphatic carbocycles. The Labute approximate surface area is 260 Å². The second kappa shape index (κ2) is 19.4. The number of aliphatic hydroxyl groups excluding tert-OH is 1. The molecule has 4 atom stereocenters. The molecule has 4 amide bonds. The summed E-state index contributed by atoms with van der Waals surface area (Å²) in [7, 11) is 0. The highest BCUT2D eigenvalue weighted by Gasteiger charge is 2.27. The molecule has 5 N–H and O–H groups in total. The number of hydrogen-bond acceptors (Lipinski definition) is 8. The minimum atomic E-state index is -0.709. The smallest absolute Gasteiger partial charge is 0.287 e. The molecular weight excluding hydrogens is 568 g/mol. The average Bonchev–Trinajstić information content (AvgIpc) is 3.68. The quantitative estimate of drug-likeness (QED) is 0.178. The lowest BCUT2D eigenvalue weighted by atomic mass is 10.0. The number of rotatable bonds is 16. The van der Waals surface area contributed by atoms with E-state index < -0.39 is 29.9 Å². The Morgan fingerprint density at radius 3 is 1.43 bits per heavy atom. The summed E-state index contributed by atoms with van der Waals surface area (Å²) < 4.78 is 10.1. The normalized spacial score (nSPS) is 13.8. The predicted octanol–water partition coefficient (Wildman–Crippen LogP) is 3.32. The molecule has 12 nitrogen and oxygen atoms in total. The summed E-state index contributed by atoms with van der Waals surface area (Å²) in [5, 5.41) is 20.1.